The molecule has 0 bridgehead atoms. The van der Waals surface area contributed by atoms with Crippen molar-refractivity contribution in [2.75, 3.05) is 7.11 Å². The zero-order valence-corrected chi connectivity index (χ0v) is 14.3. The number of aryl methyl sites for hydroxylation is 1. The summed E-state index contributed by atoms with van der Waals surface area (Å²) in [7, 11) is 1.74. The number of benzene rings is 1. The van der Waals surface area contributed by atoms with Gasteiger partial charge in [0.25, 0.3) is 0 Å². The van der Waals surface area contributed by atoms with Crippen molar-refractivity contribution < 1.29 is 4.74 Å². The molecule has 0 spiro atoms. The lowest BCUT2D eigenvalue weighted by molar-refractivity contribution is 0.210. The van der Waals surface area contributed by atoms with Crippen molar-refractivity contribution >= 4 is 0 Å². The van der Waals surface area contributed by atoms with Crippen molar-refractivity contribution in [1.82, 2.24) is 0 Å². The van der Waals surface area contributed by atoms with Crippen LogP contribution in [0.1, 0.15) is 64.0 Å². The minimum atomic E-state index is -0.239. The Hall–Kier alpha value is -1.02. The fourth-order valence-corrected chi connectivity index (χ4v) is 3.71. The molecule has 0 heterocycles. The summed E-state index contributed by atoms with van der Waals surface area (Å²) in [6, 6.07) is 6.38. The van der Waals surface area contributed by atoms with Gasteiger partial charge in [0.2, 0.25) is 0 Å². The van der Waals surface area contributed by atoms with Crippen molar-refractivity contribution in [2.45, 2.75) is 65.3 Å². The second-order valence-corrected chi connectivity index (χ2v) is 7.85. The van der Waals surface area contributed by atoms with Gasteiger partial charge in [-0.25, -0.2) is 0 Å². The van der Waals surface area contributed by atoms with E-state index in [4.69, 9.17) is 10.5 Å². The summed E-state index contributed by atoms with van der Waals surface area (Å²) in [6.45, 7) is 9.19. The molecule has 1 saturated carbocycles. The lowest BCUT2D eigenvalue weighted by atomic mass is 9.75. The Morgan fingerprint density at radius 3 is 2.52 bits per heavy atom. The Morgan fingerprint density at radius 2 is 1.90 bits per heavy atom. The highest BCUT2D eigenvalue weighted by atomic mass is 16.5. The topological polar surface area (TPSA) is 35.2 Å². The van der Waals surface area contributed by atoms with Gasteiger partial charge in [0.05, 0.1) is 7.11 Å². The maximum absolute atomic E-state index is 6.85. The third kappa shape index (κ3) is 3.60. The van der Waals surface area contributed by atoms with E-state index < -0.39 is 0 Å². The standard InChI is InChI=1S/C19H31NO/c1-14-8-9-17(21-5)16(13-14)19(20)11-6-7-15(10-12-19)18(2,3)4/h8-9,13,15H,6-7,10-12,20H2,1-5H3. The molecule has 0 amide bonds. The number of methoxy groups -OCH3 is 1. The number of rotatable bonds is 2. The molecule has 2 N–H and O–H groups in total. The van der Waals surface area contributed by atoms with Gasteiger partial charge in [-0.3, -0.25) is 0 Å². The number of hydrogen-bond acceptors (Lipinski definition) is 2. The summed E-state index contributed by atoms with van der Waals surface area (Å²) >= 11 is 0. The van der Waals surface area contributed by atoms with Crippen LogP contribution in [0.15, 0.2) is 18.2 Å². The van der Waals surface area contributed by atoms with Gasteiger partial charge in [-0.2, -0.15) is 0 Å². The van der Waals surface area contributed by atoms with Gasteiger partial charge in [-0.1, -0.05) is 44.9 Å². The molecule has 21 heavy (non-hydrogen) atoms. The third-order valence-corrected chi connectivity index (χ3v) is 5.23. The second-order valence-electron chi connectivity index (χ2n) is 7.85. The van der Waals surface area contributed by atoms with Crippen LogP contribution in [0.5, 0.6) is 5.75 Å². The van der Waals surface area contributed by atoms with E-state index >= 15 is 0 Å². The van der Waals surface area contributed by atoms with Crippen LogP contribution in [0.4, 0.5) is 0 Å². The minimum absolute atomic E-state index is 0.239. The molecule has 2 nitrogen and oxygen atoms in total. The SMILES string of the molecule is COc1ccc(C)cc1C1(N)CCCC(C(C)(C)C)CC1. The van der Waals surface area contributed by atoms with Crippen LogP contribution in [0.3, 0.4) is 0 Å². The van der Waals surface area contributed by atoms with Gasteiger partial charge in [0, 0.05) is 11.1 Å². The number of hydrogen-bond donors (Lipinski definition) is 1. The predicted molar refractivity (Wildman–Crippen MR) is 89.6 cm³/mol. The smallest absolute Gasteiger partial charge is 0.123 e. The quantitative estimate of drug-likeness (QED) is 0.795. The van der Waals surface area contributed by atoms with E-state index in [0.29, 0.717) is 5.41 Å². The summed E-state index contributed by atoms with van der Waals surface area (Å²) in [5.74, 6) is 1.70. The van der Waals surface area contributed by atoms with Crippen LogP contribution in [0.2, 0.25) is 0 Å². The summed E-state index contributed by atoms with van der Waals surface area (Å²) in [6.07, 6.45) is 5.80. The summed E-state index contributed by atoms with van der Waals surface area (Å²) in [5, 5.41) is 0. The van der Waals surface area contributed by atoms with Gasteiger partial charge in [-0.05, 0) is 50.0 Å². The van der Waals surface area contributed by atoms with Crippen LogP contribution in [0.25, 0.3) is 0 Å². The minimum Gasteiger partial charge on any atom is -0.496 e. The van der Waals surface area contributed by atoms with Crippen LogP contribution < -0.4 is 10.5 Å². The van der Waals surface area contributed by atoms with E-state index in [0.717, 1.165) is 24.5 Å². The molecule has 1 aliphatic rings. The fourth-order valence-electron chi connectivity index (χ4n) is 3.71. The lowest BCUT2D eigenvalue weighted by Gasteiger charge is -2.32. The van der Waals surface area contributed by atoms with Crippen LogP contribution in [0, 0.1) is 18.3 Å². The highest BCUT2D eigenvalue weighted by Crippen LogP contribution is 2.44. The van der Waals surface area contributed by atoms with E-state index in [1.165, 1.54) is 30.4 Å². The number of ether oxygens (including phenoxy) is 1. The zero-order valence-electron chi connectivity index (χ0n) is 14.3. The van der Waals surface area contributed by atoms with Gasteiger partial charge in [-0.15, -0.1) is 0 Å². The molecule has 1 aliphatic carbocycles. The summed E-state index contributed by atoms with van der Waals surface area (Å²) in [4.78, 5) is 0. The molecule has 2 atom stereocenters. The lowest BCUT2D eigenvalue weighted by Crippen LogP contribution is -2.36. The van der Waals surface area contributed by atoms with Crippen molar-refractivity contribution in [3.63, 3.8) is 0 Å². The molecule has 1 aromatic rings. The predicted octanol–water partition coefficient (Wildman–Crippen LogP) is 4.78. The average Bonchev–Trinajstić information content (AvgIpc) is 2.61. The molecule has 0 aromatic heterocycles. The summed E-state index contributed by atoms with van der Waals surface area (Å²) in [5.41, 5.74) is 9.44. The maximum atomic E-state index is 6.85. The first-order valence-electron chi connectivity index (χ1n) is 8.20. The molecule has 0 radical (unpaired) electrons. The molecule has 2 heteroatoms. The van der Waals surface area contributed by atoms with Crippen molar-refractivity contribution in [1.29, 1.82) is 0 Å². The molecule has 1 fully saturated rings. The first kappa shape index (κ1) is 16.4. The van der Waals surface area contributed by atoms with E-state index in [1.54, 1.807) is 7.11 Å². The highest BCUT2D eigenvalue weighted by Gasteiger charge is 2.36. The van der Waals surface area contributed by atoms with Crippen LogP contribution in [-0.4, -0.2) is 7.11 Å². The largest absolute Gasteiger partial charge is 0.496 e. The van der Waals surface area contributed by atoms with Crippen molar-refractivity contribution in [3.05, 3.63) is 29.3 Å². The zero-order chi connectivity index (χ0) is 15.7. The first-order valence-corrected chi connectivity index (χ1v) is 8.20. The summed E-state index contributed by atoms with van der Waals surface area (Å²) < 4.78 is 5.57. The van der Waals surface area contributed by atoms with E-state index in [1.807, 2.05) is 0 Å². The Kier molecular flexibility index (Phi) is 4.67. The Balaban J connectivity index is 2.29. The monoisotopic (exact) mass is 289 g/mol. The Labute approximate surface area is 130 Å². The molecular formula is C19H31NO. The fraction of sp³-hybridized carbons (Fsp3) is 0.684. The van der Waals surface area contributed by atoms with E-state index in [9.17, 15) is 0 Å². The van der Waals surface area contributed by atoms with Crippen LogP contribution >= 0.6 is 0 Å². The van der Waals surface area contributed by atoms with Crippen molar-refractivity contribution in [2.24, 2.45) is 17.1 Å². The molecular weight excluding hydrogens is 258 g/mol. The van der Waals surface area contributed by atoms with Gasteiger partial charge >= 0.3 is 0 Å². The number of nitrogens with two attached hydrogens (primary N) is 1. The molecule has 1 aromatic carbocycles. The molecule has 2 rings (SSSR count). The van der Waals surface area contributed by atoms with Crippen LogP contribution in [-0.2, 0) is 5.54 Å². The molecule has 0 aliphatic heterocycles. The average molecular weight is 289 g/mol. The van der Waals surface area contributed by atoms with E-state index in [2.05, 4.69) is 45.9 Å². The molecule has 118 valence electrons. The first-order chi connectivity index (χ1) is 9.76. The Morgan fingerprint density at radius 1 is 1.19 bits per heavy atom. The van der Waals surface area contributed by atoms with Gasteiger partial charge in [0.15, 0.2) is 0 Å². The molecule has 0 saturated heterocycles. The van der Waals surface area contributed by atoms with Gasteiger partial charge in [0.1, 0.15) is 5.75 Å². The van der Waals surface area contributed by atoms with Crippen molar-refractivity contribution in [3.8, 4) is 5.75 Å². The van der Waals surface area contributed by atoms with E-state index in [-0.39, 0.29) is 5.54 Å². The second kappa shape index (κ2) is 6.00. The Bertz CT molecular complexity index is 489. The molecule has 2 unspecified atom stereocenters. The maximum Gasteiger partial charge on any atom is 0.123 e. The highest BCUT2D eigenvalue weighted by molar-refractivity contribution is 5.42. The van der Waals surface area contributed by atoms with Gasteiger partial charge < -0.3 is 10.5 Å². The normalized spacial score (nSPS) is 27.2. The third-order valence-electron chi connectivity index (χ3n) is 5.23.